The van der Waals surface area contributed by atoms with Crippen molar-refractivity contribution in [1.29, 1.82) is 0 Å². The minimum absolute atomic E-state index is 0.640. The Labute approximate surface area is 129 Å². The van der Waals surface area contributed by atoms with Crippen molar-refractivity contribution in [1.82, 2.24) is 19.6 Å². The van der Waals surface area contributed by atoms with Gasteiger partial charge in [0.25, 0.3) is 0 Å². The lowest BCUT2D eigenvalue weighted by molar-refractivity contribution is 0.700. The van der Waals surface area contributed by atoms with Crippen LogP contribution >= 0.6 is 35.3 Å². The quantitative estimate of drug-likeness (QED) is 0.440. The van der Waals surface area contributed by atoms with Crippen molar-refractivity contribution in [2.45, 2.75) is 37.8 Å². The van der Waals surface area contributed by atoms with Crippen molar-refractivity contribution >= 4 is 51.2 Å². The Kier molecular flexibility index (Phi) is 3.08. The van der Waals surface area contributed by atoms with E-state index in [9.17, 15) is 0 Å². The molecule has 3 heterocycles. The first kappa shape index (κ1) is 12.8. The van der Waals surface area contributed by atoms with Gasteiger partial charge in [-0.2, -0.15) is 5.10 Å². The average Bonchev–Trinajstić information content (AvgIpc) is 3.00. The van der Waals surface area contributed by atoms with Crippen molar-refractivity contribution in [2.24, 2.45) is 0 Å². The number of nitrogens with one attached hydrogen (secondary N) is 1. The number of aryl methyl sites for hydroxylation is 2. The summed E-state index contributed by atoms with van der Waals surface area (Å²) in [4.78, 5) is 7.46. The normalized spacial score (nSPS) is 15.1. The molecule has 104 valence electrons. The van der Waals surface area contributed by atoms with Gasteiger partial charge in [-0.15, -0.1) is 11.3 Å². The number of H-pyrrole nitrogens is 1. The molecule has 0 unspecified atom stereocenters. The first-order valence-corrected chi connectivity index (χ1v) is 9.04. The third-order valence-corrected chi connectivity index (χ3v) is 5.99. The molecule has 0 radical (unpaired) electrons. The average molecular weight is 322 g/mol. The molecule has 1 aliphatic carbocycles. The van der Waals surface area contributed by atoms with Crippen LogP contribution in [0.1, 0.15) is 30.2 Å². The highest BCUT2D eigenvalue weighted by Gasteiger charge is 2.21. The lowest BCUT2D eigenvalue weighted by atomic mass is 9.97. The summed E-state index contributed by atoms with van der Waals surface area (Å²) >= 11 is 8.93. The number of aromatic nitrogens is 4. The second-order valence-electron chi connectivity index (χ2n) is 4.91. The standard InChI is InChI=1S/C13H14N4S3/c1-2-19-13-14-11-9(10-15-16-12(18)17(10)13)7-5-3-4-6-8(7)20-11/h2-6H2,1H3,(H,16,18). The summed E-state index contributed by atoms with van der Waals surface area (Å²) in [6, 6.07) is 0. The van der Waals surface area contributed by atoms with Gasteiger partial charge in [-0.05, 0) is 49.2 Å². The fraction of sp³-hybridized carbons (Fsp3) is 0.462. The molecule has 0 amide bonds. The van der Waals surface area contributed by atoms with Crippen molar-refractivity contribution in [3.63, 3.8) is 0 Å². The van der Waals surface area contributed by atoms with Gasteiger partial charge in [-0.1, -0.05) is 18.7 Å². The Morgan fingerprint density at radius 3 is 3.10 bits per heavy atom. The lowest BCUT2D eigenvalue weighted by Gasteiger charge is -2.10. The predicted octanol–water partition coefficient (Wildman–Crippen LogP) is 3.99. The zero-order valence-corrected chi connectivity index (χ0v) is 13.6. The third kappa shape index (κ3) is 1.76. The molecule has 0 aromatic carbocycles. The number of fused-ring (bicyclic) bond motifs is 5. The van der Waals surface area contributed by atoms with E-state index in [-0.39, 0.29) is 0 Å². The van der Waals surface area contributed by atoms with Crippen LogP contribution in [0.5, 0.6) is 0 Å². The van der Waals surface area contributed by atoms with E-state index in [4.69, 9.17) is 17.2 Å². The molecular weight excluding hydrogens is 308 g/mol. The Balaban J connectivity index is 2.15. The Morgan fingerprint density at radius 1 is 1.40 bits per heavy atom. The molecule has 3 aromatic heterocycles. The molecule has 4 nitrogen and oxygen atoms in total. The maximum absolute atomic E-state index is 5.38. The highest BCUT2D eigenvalue weighted by Crippen LogP contribution is 2.38. The van der Waals surface area contributed by atoms with Gasteiger partial charge >= 0.3 is 0 Å². The molecule has 0 aliphatic heterocycles. The smallest absolute Gasteiger partial charge is 0.201 e. The molecule has 20 heavy (non-hydrogen) atoms. The van der Waals surface area contributed by atoms with Crippen LogP contribution in [0, 0.1) is 4.77 Å². The van der Waals surface area contributed by atoms with Crippen molar-refractivity contribution in [3.8, 4) is 0 Å². The van der Waals surface area contributed by atoms with Crippen LogP contribution in [-0.4, -0.2) is 25.3 Å². The van der Waals surface area contributed by atoms with E-state index in [1.54, 1.807) is 11.8 Å². The number of thioether (sulfide) groups is 1. The number of thiophene rings is 1. The molecule has 1 N–H and O–H groups in total. The number of rotatable bonds is 2. The monoisotopic (exact) mass is 322 g/mol. The van der Waals surface area contributed by atoms with Gasteiger partial charge in [0.1, 0.15) is 4.83 Å². The van der Waals surface area contributed by atoms with Gasteiger partial charge in [0.15, 0.2) is 10.8 Å². The van der Waals surface area contributed by atoms with E-state index in [0.29, 0.717) is 4.77 Å². The molecule has 0 atom stereocenters. The Bertz CT molecular complexity index is 858. The second kappa shape index (κ2) is 4.82. The van der Waals surface area contributed by atoms with E-state index in [0.717, 1.165) is 27.8 Å². The third-order valence-electron chi connectivity index (χ3n) is 3.71. The summed E-state index contributed by atoms with van der Waals surface area (Å²) in [7, 11) is 0. The summed E-state index contributed by atoms with van der Waals surface area (Å²) in [6.07, 6.45) is 4.89. The van der Waals surface area contributed by atoms with Crippen LogP contribution in [-0.2, 0) is 12.8 Å². The van der Waals surface area contributed by atoms with Crippen LogP contribution in [0.15, 0.2) is 5.16 Å². The van der Waals surface area contributed by atoms with Crippen molar-refractivity contribution in [2.75, 3.05) is 5.75 Å². The lowest BCUT2D eigenvalue weighted by Crippen LogP contribution is -2.00. The summed E-state index contributed by atoms with van der Waals surface area (Å²) in [5.41, 5.74) is 2.41. The molecule has 0 bridgehead atoms. The van der Waals surface area contributed by atoms with Gasteiger partial charge in [-0.3, -0.25) is 5.10 Å². The molecule has 1 aliphatic rings. The van der Waals surface area contributed by atoms with E-state index in [2.05, 4.69) is 17.1 Å². The molecule has 0 saturated carbocycles. The summed E-state index contributed by atoms with van der Waals surface area (Å²) in [5, 5.41) is 9.57. The Hall–Kier alpha value is -0.920. The summed E-state index contributed by atoms with van der Waals surface area (Å²) in [5.74, 6) is 0.978. The maximum atomic E-state index is 5.38. The minimum atomic E-state index is 0.640. The van der Waals surface area contributed by atoms with Crippen LogP contribution in [0.4, 0.5) is 0 Å². The van der Waals surface area contributed by atoms with Gasteiger partial charge in [0.05, 0.1) is 5.39 Å². The summed E-state index contributed by atoms with van der Waals surface area (Å²) in [6.45, 7) is 2.13. The number of nitrogens with zero attached hydrogens (tertiary/aromatic N) is 3. The fourth-order valence-electron chi connectivity index (χ4n) is 2.87. The van der Waals surface area contributed by atoms with Gasteiger partial charge < -0.3 is 0 Å². The van der Waals surface area contributed by atoms with Crippen LogP contribution in [0.25, 0.3) is 15.9 Å². The second-order valence-corrected chi connectivity index (χ2v) is 7.61. The van der Waals surface area contributed by atoms with E-state index >= 15 is 0 Å². The molecule has 0 fully saturated rings. The first-order valence-electron chi connectivity index (χ1n) is 6.83. The van der Waals surface area contributed by atoms with Gasteiger partial charge in [-0.25, -0.2) is 9.38 Å². The van der Waals surface area contributed by atoms with Gasteiger partial charge in [0, 0.05) is 4.88 Å². The van der Waals surface area contributed by atoms with Crippen LogP contribution in [0.3, 0.4) is 0 Å². The van der Waals surface area contributed by atoms with Crippen LogP contribution < -0.4 is 0 Å². The maximum Gasteiger partial charge on any atom is 0.201 e. The van der Waals surface area contributed by atoms with E-state index in [1.807, 2.05) is 15.7 Å². The minimum Gasteiger partial charge on any atom is -0.251 e. The van der Waals surface area contributed by atoms with Crippen LogP contribution in [0.2, 0.25) is 0 Å². The molecular formula is C13H14N4S3. The topological polar surface area (TPSA) is 46.0 Å². The van der Waals surface area contributed by atoms with Gasteiger partial charge in [0.2, 0.25) is 4.77 Å². The Morgan fingerprint density at radius 2 is 2.25 bits per heavy atom. The zero-order valence-electron chi connectivity index (χ0n) is 11.1. The number of hydrogen-bond donors (Lipinski definition) is 1. The SMILES string of the molecule is CCSc1nc2sc3c(c2c2n[nH]c(=S)n12)CCCC3. The van der Waals surface area contributed by atoms with E-state index in [1.165, 1.54) is 35.1 Å². The zero-order chi connectivity index (χ0) is 13.7. The van der Waals surface area contributed by atoms with E-state index < -0.39 is 0 Å². The molecule has 0 saturated heterocycles. The fourth-order valence-corrected chi connectivity index (χ4v) is 5.18. The highest BCUT2D eigenvalue weighted by molar-refractivity contribution is 7.99. The van der Waals surface area contributed by atoms with Crippen molar-refractivity contribution in [3.05, 3.63) is 15.2 Å². The van der Waals surface area contributed by atoms with Crippen molar-refractivity contribution < 1.29 is 0 Å². The molecule has 7 heteroatoms. The largest absolute Gasteiger partial charge is 0.251 e. The molecule has 4 rings (SSSR count). The predicted molar refractivity (Wildman–Crippen MR) is 86.6 cm³/mol. The number of aromatic amines is 1. The molecule has 0 spiro atoms. The first-order chi connectivity index (χ1) is 9.79. The number of hydrogen-bond acceptors (Lipinski definition) is 5. The highest BCUT2D eigenvalue weighted by atomic mass is 32.2. The summed E-state index contributed by atoms with van der Waals surface area (Å²) < 4.78 is 2.63. The molecule has 3 aromatic rings.